The lowest BCUT2D eigenvalue weighted by molar-refractivity contribution is 0.268. The van der Waals surface area contributed by atoms with Gasteiger partial charge in [-0.15, -0.1) is 0 Å². The first-order valence-corrected chi connectivity index (χ1v) is 5.92. The maximum atomic E-state index is 5.96. The third kappa shape index (κ3) is 3.00. The first-order chi connectivity index (χ1) is 8.70. The van der Waals surface area contributed by atoms with Crippen molar-refractivity contribution in [1.82, 2.24) is 15.6 Å². The molecular weight excluding hydrogens is 254 g/mol. The van der Waals surface area contributed by atoms with Crippen LogP contribution in [0.1, 0.15) is 17.0 Å². The molecule has 5 nitrogen and oxygen atoms in total. The molecule has 0 spiro atoms. The van der Waals surface area contributed by atoms with Crippen LogP contribution >= 0.6 is 11.6 Å². The average Bonchev–Trinajstić information content (AvgIpc) is 2.74. The number of nitrogens with zero attached hydrogens (tertiary/aromatic N) is 2. The van der Waals surface area contributed by atoms with Crippen LogP contribution in [0.2, 0.25) is 5.02 Å². The Bertz CT molecular complexity index is 528. The SMILES string of the molecule is CNCc1cc(Cl)ccc1OCc1nonc1C. The molecule has 0 radical (unpaired) electrons. The van der Waals surface area contributed by atoms with E-state index in [1.165, 1.54) is 0 Å². The number of rotatable bonds is 5. The van der Waals surface area contributed by atoms with Gasteiger partial charge in [-0.25, -0.2) is 4.63 Å². The van der Waals surface area contributed by atoms with Gasteiger partial charge in [-0.1, -0.05) is 21.9 Å². The second-order valence-electron chi connectivity index (χ2n) is 3.87. The Balaban J connectivity index is 2.11. The molecule has 2 aromatic rings. The van der Waals surface area contributed by atoms with E-state index >= 15 is 0 Å². The molecule has 0 unspecified atom stereocenters. The Morgan fingerprint density at radius 1 is 1.39 bits per heavy atom. The van der Waals surface area contributed by atoms with Crippen LogP contribution in [0.15, 0.2) is 22.8 Å². The zero-order valence-corrected chi connectivity index (χ0v) is 11.0. The summed E-state index contributed by atoms with van der Waals surface area (Å²) in [7, 11) is 1.87. The van der Waals surface area contributed by atoms with E-state index in [-0.39, 0.29) is 0 Å². The highest BCUT2D eigenvalue weighted by Gasteiger charge is 2.08. The van der Waals surface area contributed by atoms with E-state index in [1.54, 1.807) is 6.07 Å². The Labute approximate surface area is 110 Å². The van der Waals surface area contributed by atoms with Gasteiger partial charge in [0.2, 0.25) is 0 Å². The molecule has 96 valence electrons. The van der Waals surface area contributed by atoms with Crippen molar-refractivity contribution in [1.29, 1.82) is 0 Å². The lowest BCUT2D eigenvalue weighted by Gasteiger charge is -2.10. The van der Waals surface area contributed by atoms with Gasteiger partial charge in [0.15, 0.2) is 0 Å². The maximum absolute atomic E-state index is 5.96. The van der Waals surface area contributed by atoms with Crippen LogP contribution in [0.3, 0.4) is 0 Å². The minimum absolute atomic E-state index is 0.327. The lowest BCUT2D eigenvalue weighted by atomic mass is 10.2. The molecule has 0 saturated heterocycles. The Kier molecular flexibility index (Phi) is 4.17. The highest BCUT2D eigenvalue weighted by Crippen LogP contribution is 2.23. The van der Waals surface area contributed by atoms with Crippen molar-refractivity contribution >= 4 is 11.6 Å². The molecule has 0 bridgehead atoms. The van der Waals surface area contributed by atoms with Crippen LogP contribution < -0.4 is 10.1 Å². The molecule has 2 rings (SSSR count). The molecule has 0 amide bonds. The first-order valence-electron chi connectivity index (χ1n) is 5.54. The summed E-state index contributed by atoms with van der Waals surface area (Å²) in [6.45, 7) is 2.84. The van der Waals surface area contributed by atoms with Crippen LogP contribution in [0.25, 0.3) is 0 Å². The number of halogens is 1. The van der Waals surface area contributed by atoms with E-state index in [0.717, 1.165) is 17.0 Å². The van der Waals surface area contributed by atoms with Crippen molar-refractivity contribution in [2.45, 2.75) is 20.1 Å². The molecule has 1 aromatic carbocycles. The quantitative estimate of drug-likeness (QED) is 0.901. The maximum Gasteiger partial charge on any atom is 0.145 e. The summed E-state index contributed by atoms with van der Waals surface area (Å²) < 4.78 is 10.3. The summed E-state index contributed by atoms with van der Waals surface area (Å²) in [5.74, 6) is 0.774. The molecule has 0 aliphatic heterocycles. The van der Waals surface area contributed by atoms with E-state index < -0.39 is 0 Å². The number of ether oxygens (including phenoxy) is 1. The van der Waals surface area contributed by atoms with Crippen LogP contribution in [0, 0.1) is 6.92 Å². The van der Waals surface area contributed by atoms with E-state index in [1.807, 2.05) is 26.1 Å². The van der Waals surface area contributed by atoms with E-state index in [2.05, 4.69) is 20.3 Å². The van der Waals surface area contributed by atoms with E-state index in [4.69, 9.17) is 16.3 Å². The standard InChI is InChI=1S/C12H14ClN3O2/c1-8-11(16-18-15-8)7-17-12-4-3-10(13)5-9(12)6-14-2/h3-5,14H,6-7H2,1-2H3. The van der Waals surface area contributed by atoms with Crippen molar-refractivity contribution in [3.05, 3.63) is 40.2 Å². The summed E-state index contributed by atoms with van der Waals surface area (Å²) in [5, 5.41) is 11.2. The highest BCUT2D eigenvalue weighted by atomic mass is 35.5. The highest BCUT2D eigenvalue weighted by molar-refractivity contribution is 6.30. The van der Waals surface area contributed by atoms with Crippen molar-refractivity contribution in [2.24, 2.45) is 0 Å². The molecule has 0 fully saturated rings. The Morgan fingerprint density at radius 3 is 2.89 bits per heavy atom. The fourth-order valence-corrected chi connectivity index (χ4v) is 1.74. The number of benzene rings is 1. The topological polar surface area (TPSA) is 60.2 Å². The molecule has 0 saturated carbocycles. The Hall–Kier alpha value is -1.59. The van der Waals surface area contributed by atoms with Gasteiger partial charge in [-0.2, -0.15) is 0 Å². The Morgan fingerprint density at radius 2 is 2.22 bits per heavy atom. The largest absolute Gasteiger partial charge is 0.487 e. The second kappa shape index (κ2) is 5.84. The zero-order valence-electron chi connectivity index (χ0n) is 10.2. The number of hydrogen-bond donors (Lipinski definition) is 1. The van der Waals surface area contributed by atoms with Crippen molar-refractivity contribution < 1.29 is 9.37 Å². The normalized spacial score (nSPS) is 10.6. The summed E-state index contributed by atoms with van der Waals surface area (Å²) in [6, 6.07) is 5.52. The van der Waals surface area contributed by atoms with Gasteiger partial charge >= 0.3 is 0 Å². The molecule has 6 heteroatoms. The van der Waals surface area contributed by atoms with Gasteiger partial charge in [0.05, 0.1) is 0 Å². The molecular formula is C12H14ClN3O2. The van der Waals surface area contributed by atoms with Gasteiger partial charge in [0.1, 0.15) is 23.7 Å². The fourth-order valence-electron chi connectivity index (χ4n) is 1.54. The summed E-state index contributed by atoms with van der Waals surface area (Å²) in [5.41, 5.74) is 2.43. The van der Waals surface area contributed by atoms with Crippen molar-refractivity contribution in [3.63, 3.8) is 0 Å². The minimum atomic E-state index is 0.327. The van der Waals surface area contributed by atoms with Crippen LogP contribution in [-0.4, -0.2) is 17.4 Å². The third-order valence-electron chi connectivity index (χ3n) is 2.50. The number of nitrogens with one attached hydrogen (secondary N) is 1. The molecule has 1 N–H and O–H groups in total. The average molecular weight is 268 g/mol. The van der Waals surface area contributed by atoms with Gasteiger partial charge in [-0.05, 0) is 32.2 Å². The predicted octanol–water partition coefficient (Wildman–Crippen LogP) is 2.33. The molecule has 0 aliphatic carbocycles. The first kappa shape index (κ1) is 12.9. The summed E-state index contributed by atoms with van der Waals surface area (Å²) in [4.78, 5) is 0. The zero-order chi connectivity index (χ0) is 13.0. The lowest BCUT2D eigenvalue weighted by Crippen LogP contribution is -2.08. The monoisotopic (exact) mass is 267 g/mol. The van der Waals surface area contributed by atoms with Crippen LogP contribution in [-0.2, 0) is 13.2 Å². The molecule has 0 atom stereocenters. The third-order valence-corrected chi connectivity index (χ3v) is 2.74. The van der Waals surface area contributed by atoms with Gasteiger partial charge in [0.25, 0.3) is 0 Å². The van der Waals surface area contributed by atoms with Crippen molar-refractivity contribution in [3.8, 4) is 5.75 Å². The smallest absolute Gasteiger partial charge is 0.145 e. The minimum Gasteiger partial charge on any atom is -0.487 e. The summed E-state index contributed by atoms with van der Waals surface area (Å²) >= 11 is 5.96. The molecule has 0 aliphatic rings. The van der Waals surface area contributed by atoms with Crippen LogP contribution in [0.5, 0.6) is 5.75 Å². The number of aromatic nitrogens is 2. The summed E-state index contributed by atoms with van der Waals surface area (Å²) in [6.07, 6.45) is 0. The molecule has 18 heavy (non-hydrogen) atoms. The predicted molar refractivity (Wildman–Crippen MR) is 67.6 cm³/mol. The number of hydrogen-bond acceptors (Lipinski definition) is 5. The molecule has 1 heterocycles. The van der Waals surface area contributed by atoms with E-state index in [9.17, 15) is 0 Å². The van der Waals surface area contributed by atoms with Crippen molar-refractivity contribution in [2.75, 3.05) is 7.05 Å². The molecule has 1 aromatic heterocycles. The van der Waals surface area contributed by atoms with Gasteiger partial charge < -0.3 is 10.1 Å². The van der Waals surface area contributed by atoms with Gasteiger partial charge in [0, 0.05) is 17.1 Å². The fraction of sp³-hybridized carbons (Fsp3) is 0.333. The van der Waals surface area contributed by atoms with Gasteiger partial charge in [-0.3, -0.25) is 0 Å². The van der Waals surface area contributed by atoms with Crippen LogP contribution in [0.4, 0.5) is 0 Å². The van der Waals surface area contributed by atoms with E-state index in [0.29, 0.717) is 23.9 Å². The number of aryl methyl sites for hydroxylation is 1. The second-order valence-corrected chi connectivity index (χ2v) is 4.30.